The molecule has 3 rings (SSSR count). The van der Waals surface area contributed by atoms with Gasteiger partial charge in [-0.15, -0.1) is 0 Å². The van der Waals surface area contributed by atoms with Crippen molar-refractivity contribution in [2.24, 2.45) is 0 Å². The molecule has 0 fully saturated rings. The second kappa shape index (κ2) is 9.85. The van der Waals surface area contributed by atoms with Crippen LogP contribution in [-0.4, -0.2) is 23.8 Å². The molecule has 0 bridgehead atoms. The molecule has 0 saturated carbocycles. The number of hydrogen-bond acceptors (Lipinski definition) is 4. The van der Waals surface area contributed by atoms with Crippen molar-refractivity contribution in [3.8, 4) is 0 Å². The molecular formula is C24H20ClNO4. The van der Waals surface area contributed by atoms with E-state index in [1.54, 1.807) is 73.7 Å². The first-order chi connectivity index (χ1) is 14.5. The van der Waals surface area contributed by atoms with Crippen LogP contribution in [0.5, 0.6) is 0 Å². The van der Waals surface area contributed by atoms with Crippen molar-refractivity contribution in [2.45, 2.75) is 19.4 Å². The molecular weight excluding hydrogens is 402 g/mol. The standard InChI is InChI=1S/C24H20ClNO4/c1-2-21(23(28)26-18-8-4-3-5-9-18)30-24(29)20-11-7-6-10-19(20)22(27)16-12-14-17(25)15-13-16/h3-15,21H,2H2,1H3,(H,26,28). The van der Waals surface area contributed by atoms with Crippen molar-refractivity contribution >= 4 is 34.9 Å². The zero-order valence-corrected chi connectivity index (χ0v) is 17.1. The van der Waals surface area contributed by atoms with Crippen LogP contribution in [0.2, 0.25) is 5.02 Å². The van der Waals surface area contributed by atoms with Crippen molar-refractivity contribution < 1.29 is 19.1 Å². The molecule has 1 N–H and O–H groups in total. The summed E-state index contributed by atoms with van der Waals surface area (Å²) in [4.78, 5) is 38.2. The lowest BCUT2D eigenvalue weighted by Crippen LogP contribution is -2.32. The Kier molecular flexibility index (Phi) is 6.99. The maximum Gasteiger partial charge on any atom is 0.339 e. The number of esters is 1. The Balaban J connectivity index is 1.78. The number of nitrogens with one attached hydrogen (secondary N) is 1. The predicted octanol–water partition coefficient (Wildman–Crippen LogP) is 5.15. The first-order valence-corrected chi connectivity index (χ1v) is 9.83. The topological polar surface area (TPSA) is 72.5 Å². The van der Waals surface area contributed by atoms with E-state index in [1.165, 1.54) is 6.07 Å². The first kappa shape index (κ1) is 21.3. The number of anilines is 1. The van der Waals surface area contributed by atoms with Crippen LogP contribution >= 0.6 is 11.6 Å². The van der Waals surface area contributed by atoms with Gasteiger partial charge in [0.15, 0.2) is 11.9 Å². The minimum absolute atomic E-state index is 0.100. The summed E-state index contributed by atoms with van der Waals surface area (Å²) in [5, 5.41) is 3.23. The predicted molar refractivity (Wildman–Crippen MR) is 116 cm³/mol. The average molecular weight is 422 g/mol. The Bertz CT molecular complexity index is 1050. The van der Waals surface area contributed by atoms with Gasteiger partial charge in [0.2, 0.25) is 0 Å². The second-order valence-corrected chi connectivity index (χ2v) is 6.98. The highest BCUT2D eigenvalue weighted by Crippen LogP contribution is 2.19. The Morgan fingerprint density at radius 2 is 1.47 bits per heavy atom. The summed E-state index contributed by atoms with van der Waals surface area (Å²) in [5.41, 5.74) is 1.30. The van der Waals surface area contributed by atoms with Gasteiger partial charge >= 0.3 is 5.97 Å². The minimum atomic E-state index is -0.989. The van der Waals surface area contributed by atoms with Gasteiger partial charge in [-0.3, -0.25) is 9.59 Å². The molecule has 1 unspecified atom stereocenters. The van der Waals surface area contributed by atoms with E-state index in [1.807, 2.05) is 6.07 Å². The number of hydrogen-bond donors (Lipinski definition) is 1. The van der Waals surface area contributed by atoms with Crippen LogP contribution in [-0.2, 0) is 9.53 Å². The largest absolute Gasteiger partial charge is 0.449 e. The zero-order valence-electron chi connectivity index (χ0n) is 16.3. The van der Waals surface area contributed by atoms with Crippen LogP contribution in [0.15, 0.2) is 78.9 Å². The molecule has 1 atom stereocenters. The van der Waals surface area contributed by atoms with E-state index in [4.69, 9.17) is 16.3 Å². The highest BCUT2D eigenvalue weighted by atomic mass is 35.5. The zero-order chi connectivity index (χ0) is 21.5. The number of rotatable bonds is 7. The van der Waals surface area contributed by atoms with Gasteiger partial charge in [0.25, 0.3) is 5.91 Å². The smallest absolute Gasteiger partial charge is 0.339 e. The van der Waals surface area contributed by atoms with Crippen LogP contribution in [0.25, 0.3) is 0 Å². The number of ketones is 1. The Morgan fingerprint density at radius 3 is 2.10 bits per heavy atom. The fourth-order valence-electron chi connectivity index (χ4n) is 2.88. The van der Waals surface area contributed by atoms with Gasteiger partial charge in [-0.25, -0.2) is 4.79 Å². The molecule has 30 heavy (non-hydrogen) atoms. The van der Waals surface area contributed by atoms with Crippen LogP contribution < -0.4 is 5.32 Å². The third kappa shape index (κ3) is 5.13. The van der Waals surface area contributed by atoms with E-state index in [0.717, 1.165) is 0 Å². The number of para-hydroxylation sites is 1. The molecule has 5 nitrogen and oxygen atoms in total. The van der Waals surface area contributed by atoms with Crippen LogP contribution in [0.1, 0.15) is 39.6 Å². The number of ether oxygens (including phenoxy) is 1. The molecule has 0 heterocycles. The third-order valence-electron chi connectivity index (χ3n) is 4.45. The lowest BCUT2D eigenvalue weighted by atomic mass is 9.98. The average Bonchev–Trinajstić information content (AvgIpc) is 2.78. The van der Waals surface area contributed by atoms with Crippen molar-refractivity contribution in [2.75, 3.05) is 5.32 Å². The summed E-state index contributed by atoms with van der Waals surface area (Å²) in [5.74, 6) is -1.50. The molecule has 0 aromatic heterocycles. The van der Waals surface area contributed by atoms with Gasteiger partial charge < -0.3 is 10.1 Å². The number of amides is 1. The molecule has 0 aliphatic carbocycles. The van der Waals surface area contributed by atoms with Gasteiger partial charge in [0.05, 0.1) is 5.56 Å². The maximum atomic E-state index is 12.9. The SMILES string of the molecule is CCC(OC(=O)c1ccccc1C(=O)c1ccc(Cl)cc1)C(=O)Nc1ccccc1. The highest BCUT2D eigenvalue weighted by molar-refractivity contribution is 6.30. The van der Waals surface area contributed by atoms with Gasteiger partial charge in [-0.2, -0.15) is 0 Å². The molecule has 3 aromatic carbocycles. The van der Waals surface area contributed by atoms with Crippen molar-refractivity contribution in [1.29, 1.82) is 0 Å². The summed E-state index contributed by atoms with van der Waals surface area (Å²) in [6.07, 6.45) is -0.700. The van der Waals surface area contributed by atoms with Crippen LogP contribution in [0.4, 0.5) is 5.69 Å². The Hall–Kier alpha value is -3.44. The molecule has 152 valence electrons. The lowest BCUT2D eigenvalue weighted by molar-refractivity contribution is -0.124. The minimum Gasteiger partial charge on any atom is -0.449 e. The van der Waals surface area contributed by atoms with Crippen molar-refractivity contribution in [3.05, 3.63) is 101 Å². The molecule has 0 saturated heterocycles. The molecule has 0 aliphatic heterocycles. The fraction of sp³-hybridized carbons (Fsp3) is 0.125. The highest BCUT2D eigenvalue weighted by Gasteiger charge is 2.25. The molecule has 0 spiro atoms. The van der Waals surface area contributed by atoms with E-state index in [0.29, 0.717) is 16.3 Å². The van der Waals surface area contributed by atoms with Gasteiger partial charge in [0, 0.05) is 21.8 Å². The summed E-state index contributed by atoms with van der Waals surface area (Å²) in [7, 11) is 0. The Labute approximate surface area is 179 Å². The second-order valence-electron chi connectivity index (χ2n) is 6.54. The van der Waals surface area contributed by atoms with E-state index < -0.39 is 18.0 Å². The normalized spacial score (nSPS) is 11.4. The van der Waals surface area contributed by atoms with E-state index in [-0.39, 0.29) is 23.3 Å². The van der Waals surface area contributed by atoms with Gasteiger partial charge in [-0.1, -0.05) is 54.9 Å². The molecule has 3 aromatic rings. The first-order valence-electron chi connectivity index (χ1n) is 9.45. The van der Waals surface area contributed by atoms with E-state index in [2.05, 4.69) is 5.32 Å². The number of benzene rings is 3. The summed E-state index contributed by atoms with van der Waals surface area (Å²) in [6, 6.07) is 21.7. The third-order valence-corrected chi connectivity index (χ3v) is 4.70. The quantitative estimate of drug-likeness (QED) is 0.423. The van der Waals surface area contributed by atoms with Gasteiger partial charge in [-0.05, 0) is 48.9 Å². The molecule has 1 amide bonds. The number of carbonyl (C=O) groups is 3. The van der Waals surface area contributed by atoms with E-state index in [9.17, 15) is 14.4 Å². The molecule has 6 heteroatoms. The van der Waals surface area contributed by atoms with Crippen LogP contribution in [0.3, 0.4) is 0 Å². The van der Waals surface area contributed by atoms with Crippen LogP contribution in [0, 0.1) is 0 Å². The fourth-order valence-corrected chi connectivity index (χ4v) is 3.00. The number of carbonyl (C=O) groups excluding carboxylic acids is 3. The lowest BCUT2D eigenvalue weighted by Gasteiger charge is -2.17. The van der Waals surface area contributed by atoms with Crippen molar-refractivity contribution in [3.63, 3.8) is 0 Å². The molecule has 0 aliphatic rings. The van der Waals surface area contributed by atoms with E-state index >= 15 is 0 Å². The maximum absolute atomic E-state index is 12.9. The molecule has 0 radical (unpaired) electrons. The van der Waals surface area contributed by atoms with Gasteiger partial charge in [0.1, 0.15) is 0 Å². The Morgan fingerprint density at radius 1 is 0.867 bits per heavy atom. The monoisotopic (exact) mass is 421 g/mol. The number of halogens is 1. The van der Waals surface area contributed by atoms with Crippen molar-refractivity contribution in [1.82, 2.24) is 0 Å². The summed E-state index contributed by atoms with van der Waals surface area (Å²) >= 11 is 5.88. The summed E-state index contributed by atoms with van der Waals surface area (Å²) < 4.78 is 5.44. The summed E-state index contributed by atoms with van der Waals surface area (Å²) in [6.45, 7) is 1.74.